The van der Waals surface area contributed by atoms with E-state index in [1.54, 1.807) is 0 Å². The molecule has 1 rings (SSSR count). The van der Waals surface area contributed by atoms with Gasteiger partial charge in [-0.3, -0.25) is 0 Å². The second-order valence-corrected chi connectivity index (χ2v) is 9.03. The minimum atomic E-state index is 0.606. The summed E-state index contributed by atoms with van der Waals surface area (Å²) in [4.78, 5) is 0. The third kappa shape index (κ3) is 8.08. The van der Waals surface area contributed by atoms with E-state index < -0.39 is 0 Å². The predicted octanol–water partition coefficient (Wildman–Crippen LogP) is 8.40. The van der Waals surface area contributed by atoms with Gasteiger partial charge in [-0.1, -0.05) is 98.8 Å². The first-order valence-electron chi connectivity index (χ1n) is 11.0. The number of hydrogen-bond donors (Lipinski definition) is 0. The Morgan fingerprint density at radius 1 is 0.826 bits per heavy atom. The molecule has 138 valence electrons. The molecular weight excluding hydrogens is 276 g/mol. The van der Waals surface area contributed by atoms with Crippen LogP contribution in [0.25, 0.3) is 0 Å². The molecule has 0 heterocycles. The van der Waals surface area contributed by atoms with Gasteiger partial charge in [-0.25, -0.2) is 0 Å². The highest BCUT2D eigenvalue weighted by atomic mass is 14.3. The third-order valence-corrected chi connectivity index (χ3v) is 7.25. The quantitative estimate of drug-likeness (QED) is 0.316. The van der Waals surface area contributed by atoms with Crippen LogP contribution in [-0.4, -0.2) is 0 Å². The van der Waals surface area contributed by atoms with E-state index in [0.717, 1.165) is 17.8 Å². The Kier molecular flexibility index (Phi) is 10.6. The van der Waals surface area contributed by atoms with E-state index in [1.165, 1.54) is 89.9 Å². The molecule has 1 fully saturated rings. The molecule has 0 heteroatoms. The van der Waals surface area contributed by atoms with Gasteiger partial charge in [0.2, 0.25) is 0 Å². The fourth-order valence-corrected chi connectivity index (χ4v) is 4.61. The minimum Gasteiger partial charge on any atom is -0.0654 e. The summed E-state index contributed by atoms with van der Waals surface area (Å²) in [5, 5.41) is 0. The average Bonchev–Trinajstić information content (AvgIpc) is 2.57. The SMILES string of the molecule is CCCCCCCCC1CCC(CCC(C)(CC)CC)C(C)C1. The van der Waals surface area contributed by atoms with Crippen molar-refractivity contribution in [3.63, 3.8) is 0 Å². The normalized spacial score (nSPS) is 25.7. The first kappa shape index (κ1) is 21.0. The van der Waals surface area contributed by atoms with Crippen LogP contribution in [0.1, 0.15) is 125 Å². The fourth-order valence-electron chi connectivity index (χ4n) is 4.61. The van der Waals surface area contributed by atoms with Gasteiger partial charge in [0.15, 0.2) is 0 Å². The van der Waals surface area contributed by atoms with E-state index in [2.05, 4.69) is 34.6 Å². The summed E-state index contributed by atoms with van der Waals surface area (Å²) in [7, 11) is 0. The lowest BCUT2D eigenvalue weighted by Gasteiger charge is -2.37. The molecule has 1 aliphatic rings. The second kappa shape index (κ2) is 11.5. The molecule has 0 saturated heterocycles. The Morgan fingerprint density at radius 3 is 2.09 bits per heavy atom. The standard InChI is InChI=1S/C23H46/c1-6-9-10-11-12-13-14-21-15-16-22(20(4)19-21)17-18-23(5,7-2)8-3/h20-22H,6-19H2,1-5H3. The Labute approximate surface area is 148 Å². The molecule has 0 aromatic heterocycles. The first-order valence-corrected chi connectivity index (χ1v) is 11.0. The Hall–Kier alpha value is 0. The number of hydrogen-bond acceptors (Lipinski definition) is 0. The van der Waals surface area contributed by atoms with Gasteiger partial charge in [-0.2, -0.15) is 0 Å². The summed E-state index contributed by atoms with van der Waals surface area (Å²) in [5.41, 5.74) is 0.606. The molecule has 0 amide bonds. The van der Waals surface area contributed by atoms with Crippen molar-refractivity contribution < 1.29 is 0 Å². The number of unbranched alkanes of at least 4 members (excludes halogenated alkanes) is 5. The molecular formula is C23H46. The molecule has 3 atom stereocenters. The van der Waals surface area contributed by atoms with Crippen LogP contribution < -0.4 is 0 Å². The molecule has 0 radical (unpaired) electrons. The van der Waals surface area contributed by atoms with Gasteiger partial charge in [0, 0.05) is 0 Å². The lowest BCUT2D eigenvalue weighted by Crippen LogP contribution is -2.25. The lowest BCUT2D eigenvalue weighted by atomic mass is 9.69. The Bertz CT molecular complexity index is 276. The number of rotatable bonds is 12. The summed E-state index contributed by atoms with van der Waals surface area (Å²) >= 11 is 0. The van der Waals surface area contributed by atoms with Crippen molar-refractivity contribution >= 4 is 0 Å². The third-order valence-electron chi connectivity index (χ3n) is 7.25. The molecule has 0 nitrogen and oxygen atoms in total. The van der Waals surface area contributed by atoms with Crippen LogP contribution in [-0.2, 0) is 0 Å². The second-order valence-electron chi connectivity index (χ2n) is 9.03. The van der Waals surface area contributed by atoms with Crippen molar-refractivity contribution in [3.8, 4) is 0 Å². The van der Waals surface area contributed by atoms with E-state index in [0.29, 0.717) is 5.41 Å². The smallest absolute Gasteiger partial charge is 0.0331 e. The minimum absolute atomic E-state index is 0.606. The van der Waals surface area contributed by atoms with Crippen LogP contribution in [0.15, 0.2) is 0 Å². The van der Waals surface area contributed by atoms with Crippen molar-refractivity contribution in [1.82, 2.24) is 0 Å². The van der Waals surface area contributed by atoms with Gasteiger partial charge in [-0.05, 0) is 48.9 Å². The van der Waals surface area contributed by atoms with E-state index in [-0.39, 0.29) is 0 Å². The summed E-state index contributed by atoms with van der Waals surface area (Å²) in [5.74, 6) is 3.05. The molecule has 0 spiro atoms. The van der Waals surface area contributed by atoms with Gasteiger partial charge >= 0.3 is 0 Å². The Balaban J connectivity index is 2.18. The summed E-state index contributed by atoms with van der Waals surface area (Å²) in [6, 6.07) is 0. The molecule has 23 heavy (non-hydrogen) atoms. The zero-order chi connectivity index (χ0) is 17.1. The summed E-state index contributed by atoms with van der Waals surface area (Å²) in [6.07, 6.45) is 20.5. The van der Waals surface area contributed by atoms with Crippen molar-refractivity contribution in [2.75, 3.05) is 0 Å². The van der Waals surface area contributed by atoms with E-state index in [9.17, 15) is 0 Å². The van der Waals surface area contributed by atoms with E-state index >= 15 is 0 Å². The summed E-state index contributed by atoms with van der Waals surface area (Å²) < 4.78 is 0. The molecule has 0 aromatic rings. The van der Waals surface area contributed by atoms with Crippen LogP contribution in [0, 0.1) is 23.2 Å². The maximum absolute atomic E-state index is 2.55. The van der Waals surface area contributed by atoms with Gasteiger partial charge in [-0.15, -0.1) is 0 Å². The van der Waals surface area contributed by atoms with Crippen molar-refractivity contribution in [2.24, 2.45) is 23.2 Å². The monoisotopic (exact) mass is 322 g/mol. The van der Waals surface area contributed by atoms with Crippen molar-refractivity contribution in [1.29, 1.82) is 0 Å². The van der Waals surface area contributed by atoms with Crippen LogP contribution in [0.5, 0.6) is 0 Å². The van der Waals surface area contributed by atoms with Gasteiger partial charge in [0.1, 0.15) is 0 Å². The molecule has 1 saturated carbocycles. The molecule has 0 bridgehead atoms. The zero-order valence-electron chi connectivity index (χ0n) is 17.1. The molecule has 0 aromatic carbocycles. The van der Waals surface area contributed by atoms with E-state index in [1.807, 2.05) is 0 Å². The topological polar surface area (TPSA) is 0 Å². The predicted molar refractivity (Wildman–Crippen MR) is 106 cm³/mol. The summed E-state index contributed by atoms with van der Waals surface area (Å²) in [6.45, 7) is 12.1. The van der Waals surface area contributed by atoms with Crippen LogP contribution in [0.3, 0.4) is 0 Å². The first-order chi connectivity index (χ1) is 11.0. The molecule has 3 unspecified atom stereocenters. The zero-order valence-corrected chi connectivity index (χ0v) is 17.1. The molecule has 1 aliphatic carbocycles. The largest absolute Gasteiger partial charge is 0.0654 e. The lowest BCUT2D eigenvalue weighted by molar-refractivity contribution is 0.148. The molecule has 0 aliphatic heterocycles. The average molecular weight is 323 g/mol. The maximum Gasteiger partial charge on any atom is -0.0331 e. The van der Waals surface area contributed by atoms with Crippen molar-refractivity contribution in [3.05, 3.63) is 0 Å². The van der Waals surface area contributed by atoms with Gasteiger partial charge in [0.05, 0.1) is 0 Å². The van der Waals surface area contributed by atoms with Crippen LogP contribution in [0.2, 0.25) is 0 Å². The van der Waals surface area contributed by atoms with Gasteiger partial charge in [0.25, 0.3) is 0 Å². The highest BCUT2D eigenvalue weighted by Crippen LogP contribution is 2.41. The highest BCUT2D eigenvalue weighted by Gasteiger charge is 2.29. The molecule has 0 N–H and O–H groups in total. The van der Waals surface area contributed by atoms with Crippen LogP contribution in [0.4, 0.5) is 0 Å². The highest BCUT2D eigenvalue weighted by molar-refractivity contribution is 4.80. The maximum atomic E-state index is 2.55. The fraction of sp³-hybridized carbons (Fsp3) is 1.00. The van der Waals surface area contributed by atoms with Gasteiger partial charge < -0.3 is 0 Å². The van der Waals surface area contributed by atoms with E-state index in [4.69, 9.17) is 0 Å². The van der Waals surface area contributed by atoms with Crippen molar-refractivity contribution in [2.45, 2.75) is 125 Å². The Morgan fingerprint density at radius 2 is 1.48 bits per heavy atom. The van der Waals surface area contributed by atoms with Crippen LogP contribution >= 0.6 is 0 Å².